The van der Waals surface area contributed by atoms with Gasteiger partial charge in [-0.2, -0.15) is 0 Å². The minimum absolute atomic E-state index is 0.155. The molecule has 0 spiro atoms. The van der Waals surface area contributed by atoms with Crippen molar-refractivity contribution in [3.05, 3.63) is 114 Å². The topological polar surface area (TPSA) is 175 Å². The number of hydrogen-bond donors (Lipinski definition) is 6. The van der Waals surface area contributed by atoms with Gasteiger partial charge in [0.15, 0.2) is 5.75 Å². The van der Waals surface area contributed by atoms with Gasteiger partial charge >= 0.3 is 11.9 Å². The van der Waals surface area contributed by atoms with Gasteiger partial charge in [-0.1, -0.05) is 54.4 Å². The first-order valence-corrected chi connectivity index (χ1v) is 19.0. The second-order valence-electron chi connectivity index (χ2n) is 11.7. The van der Waals surface area contributed by atoms with Crippen LogP contribution in [0.25, 0.3) is 0 Å². The van der Waals surface area contributed by atoms with Gasteiger partial charge in [0.05, 0.1) is 19.0 Å². The number of anilines is 2. The van der Waals surface area contributed by atoms with Crippen LogP contribution in [0, 0.1) is 0 Å². The third kappa shape index (κ3) is 14.4. The van der Waals surface area contributed by atoms with Crippen LogP contribution in [0.4, 0.5) is 11.4 Å². The van der Waals surface area contributed by atoms with Crippen molar-refractivity contribution in [2.45, 2.75) is 46.4 Å². The molecule has 288 valence electrons. The van der Waals surface area contributed by atoms with Crippen LogP contribution >= 0.6 is 55.1 Å². The summed E-state index contributed by atoms with van der Waals surface area (Å²) in [4.78, 5) is 45.0. The summed E-state index contributed by atoms with van der Waals surface area (Å²) in [6.07, 6.45) is 1.03. The molecule has 4 aromatic rings. The molecule has 54 heavy (non-hydrogen) atoms. The predicted molar refractivity (Wildman–Crippen MR) is 217 cm³/mol. The lowest BCUT2D eigenvalue weighted by Gasteiger charge is -2.15. The Morgan fingerprint density at radius 1 is 0.704 bits per heavy atom. The molecule has 0 saturated heterocycles. The number of carboxylic acids is 2. The summed E-state index contributed by atoms with van der Waals surface area (Å²) < 4.78 is 12.8. The lowest BCUT2D eigenvalue weighted by molar-refractivity contribution is -0.136. The third-order valence-electron chi connectivity index (χ3n) is 7.35. The Morgan fingerprint density at radius 3 is 1.65 bits per heavy atom. The minimum Gasteiger partial charge on any atom is -0.487 e. The van der Waals surface area contributed by atoms with Gasteiger partial charge in [-0.25, -0.2) is 0 Å². The van der Waals surface area contributed by atoms with E-state index in [0.29, 0.717) is 32.9 Å². The molecule has 4 rings (SSSR count). The van der Waals surface area contributed by atoms with Crippen molar-refractivity contribution < 1.29 is 38.9 Å². The lowest BCUT2D eigenvalue weighted by atomic mass is 10.2. The van der Waals surface area contributed by atoms with Crippen LogP contribution in [0.2, 0.25) is 10.0 Å². The van der Waals surface area contributed by atoms with Crippen molar-refractivity contribution in [3.8, 4) is 11.5 Å². The zero-order chi connectivity index (χ0) is 39.8. The van der Waals surface area contributed by atoms with Crippen LogP contribution < -0.4 is 30.7 Å². The maximum atomic E-state index is 12.0. The highest BCUT2D eigenvalue weighted by Gasteiger charge is 2.16. The Bertz CT molecular complexity index is 1900. The van der Waals surface area contributed by atoms with E-state index in [2.05, 4.69) is 67.0 Å². The first-order chi connectivity index (χ1) is 25.7. The number of halogens is 4. The highest BCUT2D eigenvalue weighted by atomic mass is 79.9. The van der Waals surface area contributed by atoms with Crippen molar-refractivity contribution in [1.82, 2.24) is 10.6 Å². The molecule has 0 fully saturated rings. The summed E-state index contributed by atoms with van der Waals surface area (Å²) in [6.45, 7) is 6.77. The number of carbonyl (C=O) groups is 4. The Balaban J connectivity index is 0.000000291. The molecule has 0 aliphatic heterocycles. The van der Waals surface area contributed by atoms with Crippen LogP contribution in [-0.4, -0.2) is 59.6 Å². The molecule has 4 aromatic carbocycles. The van der Waals surface area contributed by atoms with Crippen molar-refractivity contribution >= 4 is 90.2 Å². The van der Waals surface area contributed by atoms with Gasteiger partial charge in [0.1, 0.15) is 32.1 Å². The molecule has 0 bridgehead atoms. The van der Waals surface area contributed by atoms with E-state index in [1.807, 2.05) is 55.5 Å². The number of hydrogen-bond acceptors (Lipinski definition) is 8. The Morgan fingerprint density at radius 2 is 1.17 bits per heavy atom. The maximum Gasteiger partial charge on any atom is 0.322 e. The molecule has 0 aromatic heterocycles. The monoisotopic (exact) mass is 908 g/mol. The molecule has 0 aliphatic rings. The Hall–Kier alpha value is -4.50. The summed E-state index contributed by atoms with van der Waals surface area (Å²) in [6, 6.07) is 22.1. The first-order valence-electron chi connectivity index (χ1n) is 16.6. The average Bonchev–Trinajstić information content (AvgIpc) is 3.12. The first kappa shape index (κ1) is 43.9. The molecule has 1 atom stereocenters. The third-order valence-corrected chi connectivity index (χ3v) is 9.09. The standard InChI is InChI=1S/C20H22Br2N2O4.C18H18Cl2N2O4/c1-3-12(2)24-15-6-4-5-13(7-15)11-28-19-16(21)8-14(9-17(19)22)20(27)23-10-18(25)26;1-2-21-13-5-3-4-11(6-13)10-26-17-14(19)7-12(8-15(17)20)18(25)22-9-16(23)24/h4-9,12,24H,3,10-11H2,1-2H3,(H,23,27)(H,25,26);3-8,21H,2,9-10H2,1H3,(H,22,25)(H,23,24). The van der Waals surface area contributed by atoms with Gasteiger partial charge < -0.3 is 41.0 Å². The van der Waals surface area contributed by atoms with E-state index < -0.39 is 36.8 Å². The second-order valence-corrected chi connectivity index (χ2v) is 14.2. The highest BCUT2D eigenvalue weighted by molar-refractivity contribution is 9.11. The zero-order valence-corrected chi connectivity index (χ0v) is 34.3. The van der Waals surface area contributed by atoms with Gasteiger partial charge in [-0.05, 0) is 112 Å². The van der Waals surface area contributed by atoms with Crippen molar-refractivity contribution in [3.63, 3.8) is 0 Å². The fourth-order valence-corrected chi connectivity index (χ4v) is 6.61. The van der Waals surface area contributed by atoms with Crippen LogP contribution in [0.3, 0.4) is 0 Å². The van der Waals surface area contributed by atoms with E-state index in [-0.39, 0.29) is 28.0 Å². The smallest absolute Gasteiger partial charge is 0.322 e. The maximum absolute atomic E-state index is 12.0. The summed E-state index contributed by atoms with van der Waals surface area (Å²) in [5, 5.41) is 28.8. The number of rotatable bonds is 17. The van der Waals surface area contributed by atoms with Crippen molar-refractivity contribution in [2.24, 2.45) is 0 Å². The van der Waals surface area contributed by atoms with Gasteiger partial charge in [-0.15, -0.1) is 0 Å². The number of aliphatic carboxylic acids is 2. The fraction of sp³-hybridized carbons (Fsp3) is 0.263. The fourth-order valence-electron chi connectivity index (χ4n) is 4.60. The zero-order valence-electron chi connectivity index (χ0n) is 29.6. The quantitative estimate of drug-likeness (QED) is 0.0602. The summed E-state index contributed by atoms with van der Waals surface area (Å²) in [5.41, 5.74) is 4.44. The Labute approximate surface area is 340 Å². The molecule has 0 saturated carbocycles. The van der Waals surface area contributed by atoms with Crippen molar-refractivity contribution in [1.29, 1.82) is 0 Å². The summed E-state index contributed by atoms with van der Waals surface area (Å²) in [7, 11) is 0. The number of carboxylic acid groups (broad SMARTS) is 2. The highest BCUT2D eigenvalue weighted by Crippen LogP contribution is 2.36. The van der Waals surface area contributed by atoms with E-state index in [0.717, 1.165) is 35.5 Å². The summed E-state index contributed by atoms with van der Waals surface area (Å²) in [5.74, 6) is -2.47. The van der Waals surface area contributed by atoms with Crippen LogP contribution in [0.15, 0.2) is 81.7 Å². The van der Waals surface area contributed by atoms with Crippen molar-refractivity contribution in [2.75, 3.05) is 30.3 Å². The number of nitrogens with one attached hydrogen (secondary N) is 4. The SMILES string of the molecule is CCC(C)Nc1cccc(COc2c(Br)cc(C(=O)NCC(=O)O)cc2Br)c1.CCNc1cccc(COc2c(Cl)cc(C(=O)NCC(=O)O)cc2Cl)c1. The molecule has 12 nitrogen and oxygen atoms in total. The number of carbonyl (C=O) groups excluding carboxylic acids is 2. The van der Waals surface area contributed by atoms with Crippen LogP contribution in [-0.2, 0) is 22.8 Å². The number of amides is 2. The van der Waals surface area contributed by atoms with E-state index >= 15 is 0 Å². The largest absolute Gasteiger partial charge is 0.487 e. The molecular formula is C38H40Br2Cl2N4O8. The van der Waals surface area contributed by atoms with E-state index in [9.17, 15) is 19.2 Å². The molecular weight excluding hydrogens is 871 g/mol. The van der Waals surface area contributed by atoms with Gasteiger partial charge in [0.25, 0.3) is 11.8 Å². The van der Waals surface area contributed by atoms with E-state index in [1.165, 1.54) is 12.1 Å². The molecule has 16 heteroatoms. The number of ether oxygens (including phenoxy) is 2. The molecule has 0 heterocycles. The van der Waals surface area contributed by atoms with Gasteiger partial charge in [0.2, 0.25) is 0 Å². The van der Waals surface area contributed by atoms with E-state index in [4.69, 9.17) is 42.9 Å². The molecule has 0 radical (unpaired) electrons. The second kappa shape index (κ2) is 22.0. The van der Waals surface area contributed by atoms with Crippen LogP contribution in [0.5, 0.6) is 11.5 Å². The Kier molecular flexibility index (Phi) is 17.9. The minimum atomic E-state index is -1.14. The summed E-state index contributed by atoms with van der Waals surface area (Å²) >= 11 is 19.2. The molecule has 1 unspecified atom stereocenters. The van der Waals surface area contributed by atoms with Crippen LogP contribution in [0.1, 0.15) is 59.0 Å². The molecule has 0 aliphatic carbocycles. The predicted octanol–water partition coefficient (Wildman–Crippen LogP) is 8.63. The van der Waals surface area contributed by atoms with Gasteiger partial charge in [-0.3, -0.25) is 19.2 Å². The molecule has 6 N–H and O–H groups in total. The normalized spacial score (nSPS) is 10.9. The molecule has 2 amide bonds. The lowest BCUT2D eigenvalue weighted by Crippen LogP contribution is -2.29. The van der Waals surface area contributed by atoms with E-state index in [1.54, 1.807) is 12.1 Å². The van der Waals surface area contributed by atoms with Gasteiger partial charge in [0, 0.05) is 35.1 Å². The average molecular weight is 911 g/mol. The number of benzene rings is 4.